The highest BCUT2D eigenvalue weighted by Crippen LogP contribution is 2.30. The normalized spacial score (nSPS) is 10.3. The molecule has 2 rings (SSSR count). The van der Waals surface area contributed by atoms with E-state index in [9.17, 15) is 0 Å². The van der Waals surface area contributed by atoms with E-state index in [1.165, 1.54) is 5.56 Å². The van der Waals surface area contributed by atoms with Crippen molar-refractivity contribution in [1.82, 2.24) is 9.97 Å². The zero-order chi connectivity index (χ0) is 13.8. The second-order valence-electron chi connectivity index (χ2n) is 4.36. The molecule has 0 bridgehead atoms. The van der Waals surface area contributed by atoms with Gasteiger partial charge >= 0.3 is 0 Å². The quantitative estimate of drug-likeness (QED) is 0.914. The summed E-state index contributed by atoms with van der Waals surface area (Å²) in [6.45, 7) is 4.11. The highest BCUT2D eigenvalue weighted by molar-refractivity contribution is 5.70. The SMILES string of the molecule is CCc1nc(NC)cc(-c2cc(C)ccc2OC)n1. The molecule has 0 aliphatic carbocycles. The molecule has 0 spiro atoms. The number of benzene rings is 1. The molecular formula is C15H19N3O. The van der Waals surface area contributed by atoms with Crippen molar-refractivity contribution in [2.75, 3.05) is 19.5 Å². The van der Waals surface area contributed by atoms with Crippen LogP contribution >= 0.6 is 0 Å². The number of aromatic nitrogens is 2. The number of ether oxygens (including phenoxy) is 1. The molecule has 19 heavy (non-hydrogen) atoms. The van der Waals surface area contributed by atoms with Gasteiger partial charge in [0.15, 0.2) is 0 Å². The third-order valence-electron chi connectivity index (χ3n) is 2.98. The van der Waals surface area contributed by atoms with Gasteiger partial charge in [-0.1, -0.05) is 18.6 Å². The topological polar surface area (TPSA) is 47.0 Å². The van der Waals surface area contributed by atoms with E-state index in [1.54, 1.807) is 7.11 Å². The molecule has 1 aromatic carbocycles. The Hall–Kier alpha value is -2.10. The van der Waals surface area contributed by atoms with Crippen molar-refractivity contribution < 1.29 is 4.74 Å². The Balaban J connectivity index is 2.60. The van der Waals surface area contributed by atoms with E-state index in [2.05, 4.69) is 28.3 Å². The van der Waals surface area contributed by atoms with Gasteiger partial charge in [0.1, 0.15) is 17.4 Å². The summed E-state index contributed by atoms with van der Waals surface area (Å²) in [6, 6.07) is 8.02. The van der Waals surface area contributed by atoms with E-state index in [-0.39, 0.29) is 0 Å². The first-order valence-corrected chi connectivity index (χ1v) is 6.38. The number of anilines is 1. The lowest BCUT2D eigenvalue weighted by Crippen LogP contribution is -2.01. The Morgan fingerprint density at radius 1 is 1.21 bits per heavy atom. The molecule has 4 nitrogen and oxygen atoms in total. The molecule has 1 aromatic heterocycles. The van der Waals surface area contributed by atoms with E-state index in [4.69, 9.17) is 4.74 Å². The first-order chi connectivity index (χ1) is 9.17. The smallest absolute Gasteiger partial charge is 0.131 e. The third kappa shape index (κ3) is 2.84. The number of hydrogen-bond donors (Lipinski definition) is 1. The summed E-state index contributed by atoms with van der Waals surface area (Å²) in [4.78, 5) is 9.00. The lowest BCUT2D eigenvalue weighted by Gasteiger charge is -2.11. The largest absolute Gasteiger partial charge is 0.496 e. The molecule has 0 aliphatic heterocycles. The first kappa shape index (κ1) is 13.3. The van der Waals surface area contributed by atoms with Crippen LogP contribution in [-0.4, -0.2) is 24.1 Å². The van der Waals surface area contributed by atoms with Crippen molar-refractivity contribution in [3.63, 3.8) is 0 Å². The summed E-state index contributed by atoms with van der Waals surface area (Å²) in [7, 11) is 3.54. The van der Waals surface area contributed by atoms with Crippen LogP contribution in [0.1, 0.15) is 18.3 Å². The van der Waals surface area contributed by atoms with Gasteiger partial charge in [-0.25, -0.2) is 9.97 Å². The van der Waals surface area contributed by atoms with Gasteiger partial charge in [0.25, 0.3) is 0 Å². The summed E-state index contributed by atoms with van der Waals surface area (Å²) in [5.74, 6) is 2.48. The van der Waals surface area contributed by atoms with E-state index in [1.807, 2.05) is 32.2 Å². The molecule has 0 fully saturated rings. The maximum Gasteiger partial charge on any atom is 0.131 e. The molecule has 4 heteroatoms. The Morgan fingerprint density at radius 3 is 2.63 bits per heavy atom. The molecule has 1 heterocycles. The fourth-order valence-corrected chi connectivity index (χ4v) is 1.94. The Morgan fingerprint density at radius 2 is 2.00 bits per heavy atom. The fourth-order valence-electron chi connectivity index (χ4n) is 1.94. The maximum absolute atomic E-state index is 5.42. The highest BCUT2D eigenvalue weighted by atomic mass is 16.5. The first-order valence-electron chi connectivity index (χ1n) is 6.38. The predicted molar refractivity (Wildman–Crippen MR) is 77.7 cm³/mol. The van der Waals surface area contributed by atoms with Gasteiger partial charge in [0.2, 0.25) is 0 Å². The predicted octanol–water partition coefficient (Wildman–Crippen LogP) is 3.06. The highest BCUT2D eigenvalue weighted by Gasteiger charge is 2.10. The van der Waals surface area contributed by atoms with Crippen LogP contribution in [0.5, 0.6) is 5.75 Å². The van der Waals surface area contributed by atoms with Crippen LogP contribution in [0.4, 0.5) is 5.82 Å². The zero-order valence-electron chi connectivity index (χ0n) is 11.8. The van der Waals surface area contributed by atoms with Crippen molar-refractivity contribution in [3.05, 3.63) is 35.7 Å². The van der Waals surface area contributed by atoms with Crippen LogP contribution in [0.2, 0.25) is 0 Å². The average Bonchev–Trinajstić information content (AvgIpc) is 2.46. The van der Waals surface area contributed by atoms with Gasteiger partial charge in [0.05, 0.1) is 12.8 Å². The van der Waals surface area contributed by atoms with Gasteiger partial charge in [-0.05, 0) is 19.1 Å². The number of rotatable bonds is 4. The van der Waals surface area contributed by atoms with Crippen LogP contribution in [0.3, 0.4) is 0 Å². The average molecular weight is 257 g/mol. The van der Waals surface area contributed by atoms with Gasteiger partial charge in [0, 0.05) is 25.1 Å². The standard InChI is InChI=1S/C15H19N3O/c1-5-14-17-12(9-15(16-3)18-14)11-8-10(2)6-7-13(11)19-4/h6-9H,5H2,1-4H3,(H,16,17,18). The number of methoxy groups -OCH3 is 1. The molecule has 0 atom stereocenters. The van der Waals surface area contributed by atoms with Crippen LogP contribution in [0.15, 0.2) is 24.3 Å². The molecule has 0 saturated heterocycles. The summed E-state index contributed by atoms with van der Waals surface area (Å²) < 4.78 is 5.42. The molecule has 100 valence electrons. The molecule has 2 aromatic rings. The molecule has 0 radical (unpaired) electrons. The van der Waals surface area contributed by atoms with Crippen molar-refractivity contribution in [2.45, 2.75) is 20.3 Å². The Kier molecular flexibility index (Phi) is 4.00. The number of aryl methyl sites for hydroxylation is 2. The van der Waals surface area contributed by atoms with Crippen molar-refractivity contribution in [2.24, 2.45) is 0 Å². The lowest BCUT2D eigenvalue weighted by atomic mass is 10.1. The Labute approximate surface area is 113 Å². The van der Waals surface area contributed by atoms with Crippen molar-refractivity contribution in [1.29, 1.82) is 0 Å². The zero-order valence-corrected chi connectivity index (χ0v) is 11.8. The fraction of sp³-hybridized carbons (Fsp3) is 0.333. The molecule has 0 unspecified atom stereocenters. The third-order valence-corrected chi connectivity index (χ3v) is 2.98. The van der Waals surface area contributed by atoms with Gasteiger partial charge in [-0.2, -0.15) is 0 Å². The minimum absolute atomic E-state index is 0.802. The second kappa shape index (κ2) is 5.69. The van der Waals surface area contributed by atoms with E-state index >= 15 is 0 Å². The minimum Gasteiger partial charge on any atom is -0.496 e. The van der Waals surface area contributed by atoms with Gasteiger partial charge < -0.3 is 10.1 Å². The van der Waals surface area contributed by atoms with Gasteiger partial charge in [-0.15, -0.1) is 0 Å². The minimum atomic E-state index is 0.802. The molecule has 0 amide bonds. The summed E-state index contributed by atoms with van der Waals surface area (Å²) in [5.41, 5.74) is 3.06. The van der Waals surface area contributed by atoms with Crippen LogP contribution < -0.4 is 10.1 Å². The summed E-state index contributed by atoms with van der Waals surface area (Å²) in [6.07, 6.45) is 0.802. The number of nitrogens with one attached hydrogen (secondary N) is 1. The summed E-state index contributed by atoms with van der Waals surface area (Å²) in [5, 5.41) is 3.07. The van der Waals surface area contributed by atoms with E-state index in [0.29, 0.717) is 0 Å². The van der Waals surface area contributed by atoms with E-state index in [0.717, 1.165) is 35.1 Å². The summed E-state index contributed by atoms with van der Waals surface area (Å²) >= 11 is 0. The molecule has 0 aliphatic rings. The molecule has 1 N–H and O–H groups in total. The van der Waals surface area contributed by atoms with Gasteiger partial charge in [-0.3, -0.25) is 0 Å². The van der Waals surface area contributed by atoms with Crippen molar-refractivity contribution >= 4 is 5.82 Å². The van der Waals surface area contributed by atoms with Crippen molar-refractivity contribution in [3.8, 4) is 17.0 Å². The Bertz CT molecular complexity index is 559. The van der Waals surface area contributed by atoms with Crippen LogP contribution in [0, 0.1) is 6.92 Å². The number of hydrogen-bond acceptors (Lipinski definition) is 4. The second-order valence-corrected chi connectivity index (χ2v) is 4.36. The monoisotopic (exact) mass is 257 g/mol. The van der Waals surface area contributed by atoms with Crippen LogP contribution in [-0.2, 0) is 6.42 Å². The number of nitrogens with zero attached hydrogens (tertiary/aromatic N) is 2. The van der Waals surface area contributed by atoms with E-state index < -0.39 is 0 Å². The molecular weight excluding hydrogens is 238 g/mol. The lowest BCUT2D eigenvalue weighted by molar-refractivity contribution is 0.416. The van der Waals surface area contributed by atoms with Crippen LogP contribution in [0.25, 0.3) is 11.3 Å². The molecule has 0 saturated carbocycles. The maximum atomic E-state index is 5.42.